The van der Waals surface area contributed by atoms with E-state index in [4.69, 9.17) is 16.5 Å². The number of hydrogen-bond donors (Lipinski definition) is 3. The third-order valence-electron chi connectivity index (χ3n) is 7.94. The fourth-order valence-corrected chi connectivity index (χ4v) is 6.14. The fourth-order valence-electron chi connectivity index (χ4n) is 5.57. The third-order valence-corrected chi connectivity index (χ3v) is 8.85. The van der Waals surface area contributed by atoms with Gasteiger partial charge in [0, 0.05) is 17.5 Å². The number of amidine groups is 1. The van der Waals surface area contributed by atoms with E-state index in [1.807, 2.05) is 30.3 Å². The smallest absolute Gasteiger partial charge is 0.252 e. The first-order valence-corrected chi connectivity index (χ1v) is 15.0. The Bertz CT molecular complexity index is 993. The number of benzene rings is 1. The molecule has 0 saturated heterocycles. The van der Waals surface area contributed by atoms with Crippen molar-refractivity contribution in [3.8, 4) is 0 Å². The number of rotatable bonds is 9. The maximum Gasteiger partial charge on any atom is 0.252 e. The minimum absolute atomic E-state index is 0.271. The number of nitrogens with one attached hydrogen (secondary N) is 1. The number of allylic oxidation sites excluding steroid dienone is 3. The lowest BCUT2D eigenvalue weighted by molar-refractivity contribution is -0.114. The van der Waals surface area contributed by atoms with E-state index >= 15 is 0 Å². The second kappa shape index (κ2) is 13.5. The molecule has 6 nitrogen and oxygen atoms in total. The molecule has 1 heterocycles. The van der Waals surface area contributed by atoms with Gasteiger partial charge >= 0.3 is 0 Å². The minimum atomic E-state index is -1.11. The van der Waals surface area contributed by atoms with Crippen LogP contribution in [0.2, 0.25) is 0 Å². The van der Waals surface area contributed by atoms with Crippen LogP contribution in [0.5, 0.6) is 0 Å². The highest BCUT2D eigenvalue weighted by Gasteiger charge is 2.26. The van der Waals surface area contributed by atoms with E-state index in [1.54, 1.807) is 6.26 Å². The zero-order valence-corrected chi connectivity index (χ0v) is 23.2. The maximum atomic E-state index is 12.5. The fraction of sp³-hybridized carbons (Fsp3) is 0.586. The number of amides is 1. The summed E-state index contributed by atoms with van der Waals surface area (Å²) in [5.41, 5.74) is 15.3. The van der Waals surface area contributed by atoms with Crippen LogP contribution in [0.1, 0.15) is 72.1 Å². The van der Waals surface area contributed by atoms with E-state index in [-0.39, 0.29) is 11.8 Å². The number of nitrogens with zero attached hydrogens (tertiary/aromatic N) is 1. The first-order valence-electron chi connectivity index (χ1n) is 13.5. The number of hydrogen-bond acceptors (Lipinski definition) is 5. The molecule has 1 saturated carbocycles. The molecule has 1 aliphatic carbocycles. The normalized spacial score (nSPS) is 29.7. The van der Waals surface area contributed by atoms with Crippen molar-refractivity contribution in [1.82, 2.24) is 0 Å². The van der Waals surface area contributed by atoms with Crippen molar-refractivity contribution in [3.63, 3.8) is 0 Å². The Hall–Kier alpha value is -2.09. The predicted octanol–water partition coefficient (Wildman–Crippen LogP) is 5.53. The quantitative estimate of drug-likeness (QED) is 0.377. The van der Waals surface area contributed by atoms with Crippen molar-refractivity contribution in [2.24, 2.45) is 40.1 Å². The first kappa shape index (κ1) is 28.5. The highest BCUT2D eigenvalue weighted by Crippen LogP contribution is 2.36. The first-order chi connectivity index (χ1) is 17.2. The molecule has 0 aromatic heterocycles. The van der Waals surface area contributed by atoms with Gasteiger partial charge < -0.3 is 21.3 Å². The summed E-state index contributed by atoms with van der Waals surface area (Å²) in [7, 11) is 0. The van der Waals surface area contributed by atoms with E-state index in [1.165, 1.54) is 37.7 Å². The van der Waals surface area contributed by atoms with Gasteiger partial charge in [0.1, 0.15) is 12.1 Å². The SMILES string of the molecule is CC/C1=C(C(C)CC[C@H]2CC[C@H](CN)CC2)/N=C(Nc2cccc([S+](C)[O-])c2)\C(C(N)=O)=C\CC1C. The summed E-state index contributed by atoms with van der Waals surface area (Å²) < 4.78 is 12.0. The van der Waals surface area contributed by atoms with Crippen molar-refractivity contribution < 1.29 is 9.35 Å². The molecule has 0 spiro atoms. The Morgan fingerprint density at radius 3 is 2.56 bits per heavy atom. The van der Waals surface area contributed by atoms with Crippen LogP contribution in [-0.4, -0.2) is 29.1 Å². The topological polar surface area (TPSA) is 117 Å². The molecule has 1 aromatic rings. The molecule has 5 N–H and O–H groups in total. The van der Waals surface area contributed by atoms with E-state index in [0.29, 0.717) is 22.2 Å². The summed E-state index contributed by atoms with van der Waals surface area (Å²) >= 11 is -1.11. The van der Waals surface area contributed by atoms with Crippen molar-refractivity contribution in [2.75, 3.05) is 18.1 Å². The zero-order valence-electron chi connectivity index (χ0n) is 22.4. The standard InChI is InChI=1S/C29H44N4O2S/c1-5-25-19(2)10-16-26(28(31)34)29(32-23-7-6-8-24(17-23)36(4)35)33-27(25)20(3)9-11-21-12-14-22(18-30)15-13-21/h6-8,16-17,19-22H,5,9-15,18,30H2,1-4H3,(H2,31,34)(H,32,33)/b26-16+,27-25-/t19?,20?,21-,22-,36?. The van der Waals surface area contributed by atoms with E-state index in [0.717, 1.165) is 43.1 Å². The van der Waals surface area contributed by atoms with Crippen LogP contribution in [0.3, 0.4) is 0 Å². The summed E-state index contributed by atoms with van der Waals surface area (Å²) in [6.07, 6.45) is 12.5. The third kappa shape index (κ3) is 7.46. The summed E-state index contributed by atoms with van der Waals surface area (Å²) in [6.45, 7) is 7.48. The van der Waals surface area contributed by atoms with Crippen molar-refractivity contribution in [1.29, 1.82) is 0 Å². The Labute approximate surface area is 220 Å². The average molecular weight is 513 g/mol. The highest BCUT2D eigenvalue weighted by molar-refractivity contribution is 7.90. The Kier molecular flexibility index (Phi) is 10.6. The molecule has 2 aliphatic rings. The van der Waals surface area contributed by atoms with Crippen LogP contribution in [0.25, 0.3) is 0 Å². The average Bonchev–Trinajstić information content (AvgIpc) is 2.86. The number of aliphatic imine (C=N–C) groups is 1. The second-order valence-corrected chi connectivity index (χ2v) is 11.9. The molecule has 0 radical (unpaired) electrons. The van der Waals surface area contributed by atoms with Crippen LogP contribution in [0.4, 0.5) is 5.69 Å². The molecule has 1 fully saturated rings. The van der Waals surface area contributed by atoms with Crippen LogP contribution in [-0.2, 0) is 16.0 Å². The van der Waals surface area contributed by atoms with Gasteiger partial charge in [-0.3, -0.25) is 4.79 Å². The molecule has 3 unspecified atom stereocenters. The van der Waals surface area contributed by atoms with Crippen LogP contribution >= 0.6 is 0 Å². The van der Waals surface area contributed by atoms with Gasteiger partial charge in [-0.25, -0.2) is 4.99 Å². The number of carbonyl (C=O) groups is 1. The van der Waals surface area contributed by atoms with Gasteiger partial charge in [0.25, 0.3) is 5.91 Å². The molecule has 1 amide bonds. The zero-order chi connectivity index (χ0) is 26.2. The van der Waals surface area contributed by atoms with Crippen LogP contribution < -0.4 is 16.8 Å². The second-order valence-electron chi connectivity index (χ2n) is 10.6. The molecular formula is C29H44N4O2S. The molecule has 3 rings (SSSR count). The maximum absolute atomic E-state index is 12.5. The molecule has 1 aromatic carbocycles. The lowest BCUT2D eigenvalue weighted by Gasteiger charge is -2.29. The van der Waals surface area contributed by atoms with Gasteiger partial charge in [-0.2, -0.15) is 0 Å². The van der Waals surface area contributed by atoms with E-state index in [9.17, 15) is 9.35 Å². The monoisotopic (exact) mass is 512 g/mol. The summed E-state index contributed by atoms with van der Waals surface area (Å²) in [5.74, 6) is 2.00. The molecule has 3 atom stereocenters. The molecule has 36 heavy (non-hydrogen) atoms. The van der Waals surface area contributed by atoms with E-state index in [2.05, 4.69) is 26.1 Å². The predicted molar refractivity (Wildman–Crippen MR) is 151 cm³/mol. The minimum Gasteiger partial charge on any atom is -0.612 e. The molecule has 7 heteroatoms. The van der Waals surface area contributed by atoms with Gasteiger partial charge in [-0.1, -0.05) is 45.8 Å². The largest absolute Gasteiger partial charge is 0.612 e. The molecule has 1 aliphatic heterocycles. The van der Waals surface area contributed by atoms with Gasteiger partial charge in [0.05, 0.1) is 5.57 Å². The Balaban J connectivity index is 1.90. The molecule has 0 bridgehead atoms. The van der Waals surface area contributed by atoms with Crippen molar-refractivity contribution in [2.45, 2.75) is 77.0 Å². The van der Waals surface area contributed by atoms with Gasteiger partial charge in [-0.15, -0.1) is 0 Å². The number of nitrogens with two attached hydrogens (primary N) is 2. The van der Waals surface area contributed by atoms with Crippen LogP contribution in [0, 0.1) is 23.7 Å². The van der Waals surface area contributed by atoms with Gasteiger partial charge in [0.2, 0.25) is 0 Å². The van der Waals surface area contributed by atoms with Crippen molar-refractivity contribution >= 4 is 28.6 Å². The van der Waals surface area contributed by atoms with E-state index < -0.39 is 17.1 Å². The summed E-state index contributed by atoms with van der Waals surface area (Å²) in [6, 6.07) is 7.42. The summed E-state index contributed by atoms with van der Waals surface area (Å²) in [4.78, 5) is 18.3. The molecule has 198 valence electrons. The lowest BCUT2D eigenvalue weighted by atomic mass is 9.78. The highest BCUT2D eigenvalue weighted by atomic mass is 32.2. The number of primary amides is 1. The number of anilines is 1. The molecular weight excluding hydrogens is 468 g/mol. The van der Waals surface area contributed by atoms with Crippen LogP contribution in [0.15, 0.2) is 57.1 Å². The van der Waals surface area contributed by atoms with Gasteiger partial charge in [-0.05, 0) is 97.6 Å². The number of carbonyl (C=O) groups excluding carboxylic acids is 1. The Morgan fingerprint density at radius 2 is 1.94 bits per heavy atom. The summed E-state index contributed by atoms with van der Waals surface area (Å²) in [5, 5.41) is 3.34. The Morgan fingerprint density at radius 1 is 1.25 bits per heavy atom. The van der Waals surface area contributed by atoms with Gasteiger partial charge in [0.15, 0.2) is 4.90 Å². The lowest BCUT2D eigenvalue weighted by Crippen LogP contribution is -2.28. The van der Waals surface area contributed by atoms with Crippen molar-refractivity contribution in [3.05, 3.63) is 47.2 Å².